The van der Waals surface area contributed by atoms with Gasteiger partial charge in [-0.1, -0.05) is 6.07 Å². The van der Waals surface area contributed by atoms with E-state index < -0.39 is 0 Å². The maximum Gasteiger partial charge on any atom is 0.221 e. The number of carbonyl (C=O) groups is 1. The molecule has 1 aliphatic heterocycles. The van der Waals surface area contributed by atoms with Crippen molar-refractivity contribution >= 4 is 53.3 Å². The molecule has 0 radical (unpaired) electrons. The molecule has 2 rings (SSSR count). The molecule has 1 aliphatic rings. The van der Waals surface area contributed by atoms with Crippen LogP contribution in [0.25, 0.3) is 0 Å². The first kappa shape index (κ1) is 19.9. The molecule has 0 saturated carbocycles. The van der Waals surface area contributed by atoms with Crippen LogP contribution in [0.3, 0.4) is 0 Å². The number of amides is 1. The lowest BCUT2D eigenvalue weighted by atomic mass is 10.2. The summed E-state index contributed by atoms with van der Waals surface area (Å²) in [5.74, 6) is 3.25. The van der Waals surface area contributed by atoms with Crippen LogP contribution in [0.15, 0.2) is 23.2 Å². The van der Waals surface area contributed by atoms with Gasteiger partial charge in [0.15, 0.2) is 5.96 Å². The third-order valence-corrected chi connectivity index (χ3v) is 4.28. The Morgan fingerprint density at radius 1 is 1.43 bits per heavy atom. The Bertz CT molecular complexity index is 562. The van der Waals surface area contributed by atoms with E-state index in [-0.39, 0.29) is 29.9 Å². The normalized spacial score (nSPS) is 14.9. The van der Waals surface area contributed by atoms with Gasteiger partial charge in [0.05, 0.1) is 19.3 Å². The fourth-order valence-corrected chi connectivity index (χ4v) is 3.11. The minimum Gasteiger partial charge on any atom is -0.495 e. The predicted octanol–water partition coefficient (Wildman–Crippen LogP) is 2.14. The van der Waals surface area contributed by atoms with E-state index in [2.05, 4.69) is 15.2 Å². The van der Waals surface area contributed by atoms with Crippen LogP contribution in [0, 0.1) is 0 Å². The molecular formula is C15H23IN4O2S. The van der Waals surface area contributed by atoms with Crippen molar-refractivity contribution in [2.75, 3.05) is 37.0 Å². The number of hydrogen-bond acceptors (Lipinski definition) is 4. The van der Waals surface area contributed by atoms with Gasteiger partial charge in [0.1, 0.15) is 5.75 Å². The number of nitrogens with one attached hydrogen (secondary N) is 1. The zero-order valence-electron chi connectivity index (χ0n) is 13.4. The molecule has 8 heteroatoms. The van der Waals surface area contributed by atoms with Gasteiger partial charge < -0.3 is 20.7 Å². The van der Waals surface area contributed by atoms with Crippen molar-refractivity contribution < 1.29 is 9.53 Å². The van der Waals surface area contributed by atoms with E-state index >= 15 is 0 Å². The van der Waals surface area contributed by atoms with Gasteiger partial charge in [-0.25, -0.2) is 4.99 Å². The summed E-state index contributed by atoms with van der Waals surface area (Å²) in [6.45, 7) is 3.84. The Labute approximate surface area is 158 Å². The second kappa shape index (κ2) is 9.86. The Morgan fingerprint density at radius 3 is 2.74 bits per heavy atom. The highest BCUT2D eigenvalue weighted by Gasteiger charge is 2.12. The zero-order valence-corrected chi connectivity index (χ0v) is 16.5. The van der Waals surface area contributed by atoms with Crippen LogP contribution < -0.4 is 15.8 Å². The van der Waals surface area contributed by atoms with Gasteiger partial charge >= 0.3 is 0 Å². The van der Waals surface area contributed by atoms with Crippen LogP contribution in [-0.2, 0) is 11.3 Å². The third kappa shape index (κ3) is 6.09. The molecule has 6 nitrogen and oxygen atoms in total. The highest BCUT2D eigenvalue weighted by molar-refractivity contribution is 14.0. The van der Waals surface area contributed by atoms with Gasteiger partial charge in [-0.3, -0.25) is 4.79 Å². The van der Waals surface area contributed by atoms with Crippen molar-refractivity contribution in [2.45, 2.75) is 13.5 Å². The first-order valence-corrected chi connectivity index (χ1v) is 8.32. The Morgan fingerprint density at radius 2 is 2.13 bits per heavy atom. The van der Waals surface area contributed by atoms with Crippen molar-refractivity contribution in [1.82, 2.24) is 4.90 Å². The van der Waals surface area contributed by atoms with Gasteiger partial charge in [0.2, 0.25) is 5.91 Å². The minimum atomic E-state index is -0.135. The number of halogens is 1. The first-order chi connectivity index (χ1) is 10.6. The Kier molecular flexibility index (Phi) is 8.53. The zero-order chi connectivity index (χ0) is 15.9. The van der Waals surface area contributed by atoms with E-state index in [1.165, 1.54) is 6.92 Å². The molecule has 1 saturated heterocycles. The lowest BCUT2D eigenvalue weighted by Crippen LogP contribution is -2.42. The summed E-state index contributed by atoms with van der Waals surface area (Å²) >= 11 is 1.94. The lowest BCUT2D eigenvalue weighted by Gasteiger charge is -2.27. The molecule has 0 spiro atoms. The summed E-state index contributed by atoms with van der Waals surface area (Å²) in [5, 5.41) is 2.76. The number of rotatable bonds is 4. The van der Waals surface area contributed by atoms with Crippen LogP contribution in [0.1, 0.15) is 12.5 Å². The van der Waals surface area contributed by atoms with Crippen molar-refractivity contribution in [3.63, 3.8) is 0 Å². The van der Waals surface area contributed by atoms with Gasteiger partial charge in [-0.2, -0.15) is 11.8 Å². The highest BCUT2D eigenvalue weighted by Crippen LogP contribution is 2.25. The third-order valence-electron chi connectivity index (χ3n) is 3.33. The molecule has 1 amide bonds. The van der Waals surface area contributed by atoms with Crippen LogP contribution in [0.4, 0.5) is 5.69 Å². The molecule has 1 heterocycles. The summed E-state index contributed by atoms with van der Waals surface area (Å²) < 4.78 is 5.24. The molecule has 3 N–H and O–H groups in total. The molecule has 1 fully saturated rings. The van der Waals surface area contributed by atoms with E-state index in [9.17, 15) is 4.79 Å². The number of guanidine groups is 1. The summed E-state index contributed by atoms with van der Waals surface area (Å²) in [4.78, 5) is 17.8. The number of anilines is 1. The van der Waals surface area contributed by atoms with Gasteiger partial charge in [0.25, 0.3) is 0 Å². The first-order valence-electron chi connectivity index (χ1n) is 7.17. The van der Waals surface area contributed by atoms with Crippen LogP contribution in [-0.4, -0.2) is 48.5 Å². The largest absolute Gasteiger partial charge is 0.495 e. The van der Waals surface area contributed by atoms with E-state index in [1.54, 1.807) is 7.11 Å². The number of nitrogens with zero attached hydrogens (tertiary/aromatic N) is 2. The topological polar surface area (TPSA) is 80.0 Å². The van der Waals surface area contributed by atoms with E-state index in [0.717, 1.165) is 30.2 Å². The summed E-state index contributed by atoms with van der Waals surface area (Å²) in [6.07, 6.45) is 0. The van der Waals surface area contributed by atoms with Crippen molar-refractivity contribution in [1.29, 1.82) is 0 Å². The van der Waals surface area contributed by atoms with E-state index in [0.29, 0.717) is 23.9 Å². The van der Waals surface area contributed by atoms with Gasteiger partial charge in [0, 0.05) is 31.5 Å². The monoisotopic (exact) mass is 450 g/mol. The molecule has 0 bridgehead atoms. The molecule has 0 aromatic heterocycles. The number of aliphatic imine (C=N–C) groups is 1. The molecule has 1 aromatic rings. The van der Waals surface area contributed by atoms with E-state index in [4.69, 9.17) is 10.5 Å². The quantitative estimate of drug-likeness (QED) is 0.418. The SMILES string of the molecule is COc1ccc(CN=C(N)N2CCSCC2)cc1NC(C)=O.I. The smallest absolute Gasteiger partial charge is 0.221 e. The minimum absolute atomic E-state index is 0. The number of hydrogen-bond donors (Lipinski definition) is 2. The fraction of sp³-hybridized carbons (Fsp3) is 0.467. The molecule has 0 aliphatic carbocycles. The Balaban J connectivity index is 0.00000264. The maximum atomic E-state index is 11.2. The molecule has 128 valence electrons. The standard InChI is InChI=1S/C15H22N4O2S.HI/c1-11(20)18-13-9-12(3-4-14(13)21-2)10-17-15(16)19-5-7-22-8-6-19;/h3-4,9H,5-8,10H2,1-2H3,(H2,16,17)(H,18,20);1H. The predicted molar refractivity (Wildman–Crippen MR) is 107 cm³/mol. The summed E-state index contributed by atoms with van der Waals surface area (Å²) in [5.41, 5.74) is 7.66. The van der Waals surface area contributed by atoms with Crippen LogP contribution in [0.5, 0.6) is 5.75 Å². The number of ether oxygens (including phenoxy) is 1. The van der Waals surface area contributed by atoms with E-state index in [1.807, 2.05) is 30.0 Å². The molecule has 0 unspecified atom stereocenters. The van der Waals surface area contributed by atoms with Crippen molar-refractivity contribution in [3.8, 4) is 5.75 Å². The fourth-order valence-electron chi connectivity index (χ4n) is 2.21. The summed E-state index contributed by atoms with van der Waals surface area (Å²) in [6, 6.07) is 5.61. The molecule has 0 atom stereocenters. The van der Waals surface area contributed by atoms with Gasteiger partial charge in [-0.05, 0) is 17.7 Å². The second-order valence-electron chi connectivity index (χ2n) is 4.99. The maximum absolute atomic E-state index is 11.2. The van der Waals surface area contributed by atoms with Crippen LogP contribution in [0.2, 0.25) is 0 Å². The number of nitrogens with two attached hydrogens (primary N) is 1. The number of methoxy groups -OCH3 is 1. The van der Waals surface area contributed by atoms with Crippen molar-refractivity contribution in [3.05, 3.63) is 23.8 Å². The Hall–Kier alpha value is -1.16. The summed E-state index contributed by atoms with van der Waals surface area (Å²) in [7, 11) is 1.57. The lowest BCUT2D eigenvalue weighted by molar-refractivity contribution is -0.114. The average molecular weight is 450 g/mol. The second-order valence-corrected chi connectivity index (χ2v) is 6.21. The number of thioether (sulfide) groups is 1. The van der Waals surface area contributed by atoms with Crippen LogP contribution >= 0.6 is 35.7 Å². The van der Waals surface area contributed by atoms with Crippen molar-refractivity contribution in [2.24, 2.45) is 10.7 Å². The number of carbonyl (C=O) groups excluding carboxylic acids is 1. The molecule has 1 aromatic carbocycles. The van der Waals surface area contributed by atoms with Gasteiger partial charge in [-0.15, -0.1) is 24.0 Å². The average Bonchev–Trinajstić information content (AvgIpc) is 2.53. The number of benzene rings is 1. The molecular weight excluding hydrogens is 427 g/mol. The highest BCUT2D eigenvalue weighted by atomic mass is 127. The molecule has 23 heavy (non-hydrogen) atoms.